The van der Waals surface area contributed by atoms with Gasteiger partial charge in [0.25, 0.3) is 5.91 Å². The number of rotatable bonds is 4. The molecular formula is C16H18Cl2N2O4. The molecule has 0 unspecified atom stereocenters. The van der Waals surface area contributed by atoms with Gasteiger partial charge in [-0.3, -0.25) is 14.9 Å². The number of hydrogen-bond donors (Lipinski definition) is 2. The highest BCUT2D eigenvalue weighted by Crippen LogP contribution is 2.64. The third-order valence-electron chi connectivity index (χ3n) is 3.93. The molecule has 1 saturated carbocycles. The lowest BCUT2D eigenvalue weighted by Crippen LogP contribution is -2.38. The third-order valence-corrected chi connectivity index (χ3v) is 5.03. The van der Waals surface area contributed by atoms with Crippen molar-refractivity contribution in [3.8, 4) is 0 Å². The predicted molar refractivity (Wildman–Crippen MR) is 91.2 cm³/mol. The molecule has 1 atom stereocenters. The second-order valence-electron chi connectivity index (χ2n) is 6.11. The Kier molecular flexibility index (Phi) is 5.11. The summed E-state index contributed by atoms with van der Waals surface area (Å²) in [6, 6.07) is 4.78. The molecule has 3 amide bonds. The van der Waals surface area contributed by atoms with Crippen LogP contribution in [0.3, 0.4) is 0 Å². The molecule has 1 aromatic carbocycles. The van der Waals surface area contributed by atoms with Crippen molar-refractivity contribution in [3.05, 3.63) is 29.3 Å². The number of imide groups is 1. The van der Waals surface area contributed by atoms with Gasteiger partial charge >= 0.3 is 12.0 Å². The summed E-state index contributed by atoms with van der Waals surface area (Å²) in [7, 11) is 0. The molecule has 8 heteroatoms. The maximum Gasteiger partial charge on any atom is 0.325 e. The molecule has 24 heavy (non-hydrogen) atoms. The maximum atomic E-state index is 11.8. The van der Waals surface area contributed by atoms with Crippen LogP contribution >= 0.6 is 23.2 Å². The van der Waals surface area contributed by atoms with E-state index >= 15 is 0 Å². The summed E-state index contributed by atoms with van der Waals surface area (Å²) in [5.41, 5.74) is 1.50. The number of halogens is 2. The lowest BCUT2D eigenvalue weighted by atomic mass is 10.1. The first kappa shape index (κ1) is 18.5. The van der Waals surface area contributed by atoms with E-state index in [1.54, 1.807) is 13.0 Å². The van der Waals surface area contributed by atoms with Crippen molar-refractivity contribution in [1.82, 2.24) is 5.32 Å². The first-order chi connectivity index (χ1) is 11.0. The zero-order valence-electron chi connectivity index (χ0n) is 13.5. The number of hydrogen-bond acceptors (Lipinski definition) is 4. The molecule has 0 spiro atoms. The molecule has 2 N–H and O–H groups in total. The quantitative estimate of drug-likeness (QED) is 0.628. The summed E-state index contributed by atoms with van der Waals surface area (Å²) < 4.78 is 3.69. The largest absolute Gasteiger partial charge is 0.455 e. The highest BCUT2D eigenvalue weighted by molar-refractivity contribution is 6.53. The zero-order chi connectivity index (χ0) is 18.1. The van der Waals surface area contributed by atoms with Gasteiger partial charge < -0.3 is 10.1 Å². The normalized spacial score (nSPS) is 20.9. The number of amides is 3. The minimum atomic E-state index is -1.17. The van der Waals surface area contributed by atoms with Gasteiger partial charge in [0.1, 0.15) is 9.75 Å². The van der Waals surface area contributed by atoms with Crippen LogP contribution in [-0.4, -0.2) is 28.8 Å². The summed E-state index contributed by atoms with van der Waals surface area (Å²) in [5.74, 6) is -1.41. The van der Waals surface area contributed by atoms with Crippen molar-refractivity contribution in [1.29, 1.82) is 0 Å². The number of carbonyl (C=O) groups excluding carboxylic acids is 3. The van der Waals surface area contributed by atoms with Crippen molar-refractivity contribution >= 4 is 46.8 Å². The average Bonchev–Trinajstić information content (AvgIpc) is 2.99. The fourth-order valence-corrected chi connectivity index (χ4v) is 2.87. The second-order valence-corrected chi connectivity index (χ2v) is 7.59. The van der Waals surface area contributed by atoms with E-state index in [2.05, 4.69) is 10.6 Å². The Bertz CT molecular complexity index is 705. The summed E-state index contributed by atoms with van der Waals surface area (Å²) in [5, 5.41) is 4.64. The van der Waals surface area contributed by atoms with E-state index in [9.17, 15) is 14.4 Å². The Morgan fingerprint density at radius 1 is 1.25 bits per heavy atom. The standard InChI is InChI=1S/C16H18Cl2N2O4/c1-9-4-5-11(10(2)6-9)19-14(23)20-12(21)7-24-13(22)15(3)8-16(15,17)18/h4-6H,7-8H2,1-3H3,(H2,19,20,21,23)/t15-/m0/s1. The predicted octanol–water partition coefficient (Wildman–Crippen LogP) is 3.08. The number of urea groups is 1. The number of esters is 1. The molecule has 2 rings (SSSR count). The van der Waals surface area contributed by atoms with Gasteiger partial charge in [-0.1, -0.05) is 17.7 Å². The van der Waals surface area contributed by atoms with E-state index in [4.69, 9.17) is 27.9 Å². The van der Waals surface area contributed by atoms with E-state index in [0.29, 0.717) is 5.69 Å². The molecule has 1 aliphatic carbocycles. The molecule has 130 valence electrons. The highest BCUT2D eigenvalue weighted by Gasteiger charge is 2.69. The Balaban J connectivity index is 1.80. The van der Waals surface area contributed by atoms with Gasteiger partial charge in [0.2, 0.25) is 0 Å². The number of carbonyl (C=O) groups is 3. The highest BCUT2D eigenvalue weighted by atomic mass is 35.5. The first-order valence-electron chi connectivity index (χ1n) is 7.28. The molecular weight excluding hydrogens is 355 g/mol. The zero-order valence-corrected chi connectivity index (χ0v) is 15.0. The van der Waals surface area contributed by atoms with Crippen molar-refractivity contribution in [3.63, 3.8) is 0 Å². The van der Waals surface area contributed by atoms with Gasteiger partial charge in [0.05, 0.1) is 0 Å². The van der Waals surface area contributed by atoms with Gasteiger partial charge in [0.15, 0.2) is 6.61 Å². The molecule has 0 radical (unpaired) electrons. The molecule has 1 aromatic rings. The van der Waals surface area contributed by atoms with E-state index in [1.807, 2.05) is 26.0 Å². The van der Waals surface area contributed by atoms with Crippen LogP contribution in [-0.2, 0) is 14.3 Å². The molecule has 0 aliphatic heterocycles. The van der Waals surface area contributed by atoms with Crippen LogP contribution in [0.25, 0.3) is 0 Å². The summed E-state index contributed by atoms with van der Waals surface area (Å²) in [6.45, 7) is 4.75. The van der Waals surface area contributed by atoms with Crippen LogP contribution < -0.4 is 10.6 Å². The molecule has 6 nitrogen and oxygen atoms in total. The lowest BCUT2D eigenvalue weighted by Gasteiger charge is -2.12. The summed E-state index contributed by atoms with van der Waals surface area (Å²) in [4.78, 5) is 35.3. The number of aryl methyl sites for hydroxylation is 2. The average molecular weight is 373 g/mol. The maximum absolute atomic E-state index is 11.8. The van der Waals surface area contributed by atoms with Crippen molar-refractivity contribution < 1.29 is 19.1 Å². The number of benzene rings is 1. The Hall–Kier alpha value is -1.79. The van der Waals surface area contributed by atoms with E-state index < -0.39 is 34.3 Å². The van der Waals surface area contributed by atoms with Gasteiger partial charge in [-0.05, 0) is 32.4 Å². The van der Waals surface area contributed by atoms with Gasteiger partial charge in [0, 0.05) is 12.1 Å². The minimum Gasteiger partial charge on any atom is -0.455 e. The number of nitrogens with one attached hydrogen (secondary N) is 2. The number of alkyl halides is 2. The van der Waals surface area contributed by atoms with Crippen LogP contribution in [0, 0.1) is 19.3 Å². The number of anilines is 1. The Morgan fingerprint density at radius 2 is 1.88 bits per heavy atom. The van der Waals surface area contributed by atoms with Crippen LogP contribution in [0.5, 0.6) is 0 Å². The topological polar surface area (TPSA) is 84.5 Å². The fourth-order valence-electron chi connectivity index (χ4n) is 2.18. The Labute approximate surface area is 149 Å². The van der Waals surface area contributed by atoms with Crippen LogP contribution in [0.1, 0.15) is 24.5 Å². The first-order valence-corrected chi connectivity index (χ1v) is 8.04. The second kappa shape index (κ2) is 6.61. The lowest BCUT2D eigenvalue weighted by molar-refractivity contribution is -0.153. The molecule has 0 heterocycles. The SMILES string of the molecule is Cc1ccc(NC(=O)NC(=O)COC(=O)[C@]2(C)CC2(Cl)Cl)c(C)c1. The fraction of sp³-hybridized carbons (Fsp3) is 0.438. The van der Waals surface area contributed by atoms with Crippen LogP contribution in [0.4, 0.5) is 10.5 Å². The molecule has 0 aromatic heterocycles. The summed E-state index contributed by atoms with van der Waals surface area (Å²) >= 11 is 11.7. The van der Waals surface area contributed by atoms with Crippen molar-refractivity contribution in [2.45, 2.75) is 31.5 Å². The monoisotopic (exact) mass is 372 g/mol. The molecule has 1 aliphatic rings. The van der Waals surface area contributed by atoms with Gasteiger partial charge in [-0.2, -0.15) is 0 Å². The minimum absolute atomic E-state index is 0.261. The van der Waals surface area contributed by atoms with E-state index in [1.165, 1.54) is 0 Å². The van der Waals surface area contributed by atoms with Gasteiger partial charge in [-0.15, -0.1) is 23.2 Å². The van der Waals surface area contributed by atoms with E-state index in [-0.39, 0.29) is 6.42 Å². The summed E-state index contributed by atoms with van der Waals surface area (Å²) in [6.07, 6.45) is 0.261. The Morgan fingerprint density at radius 3 is 2.42 bits per heavy atom. The van der Waals surface area contributed by atoms with E-state index in [0.717, 1.165) is 11.1 Å². The number of ether oxygens (including phenoxy) is 1. The molecule has 0 bridgehead atoms. The molecule has 0 saturated heterocycles. The van der Waals surface area contributed by atoms with Gasteiger partial charge in [-0.25, -0.2) is 4.79 Å². The third kappa shape index (κ3) is 3.99. The van der Waals surface area contributed by atoms with Crippen LogP contribution in [0.2, 0.25) is 0 Å². The van der Waals surface area contributed by atoms with Crippen molar-refractivity contribution in [2.75, 3.05) is 11.9 Å². The van der Waals surface area contributed by atoms with Crippen molar-refractivity contribution in [2.24, 2.45) is 5.41 Å². The smallest absolute Gasteiger partial charge is 0.325 e. The van der Waals surface area contributed by atoms with Crippen LogP contribution in [0.15, 0.2) is 18.2 Å². The molecule has 1 fully saturated rings.